The van der Waals surface area contributed by atoms with Gasteiger partial charge < -0.3 is 24.1 Å². The molecule has 0 aromatic heterocycles. The van der Waals surface area contributed by atoms with Crippen molar-refractivity contribution >= 4 is 46.5 Å². The third-order valence-electron chi connectivity index (χ3n) is 40.0. The molecule has 25 aliphatic rings. The largest absolute Gasteiger partial charge is 0.459 e. The quantitative estimate of drug-likeness (QED) is 0.0580. The van der Waals surface area contributed by atoms with E-state index in [9.17, 15) is 33.9 Å². The number of rotatable bonds is 14. The predicted octanol–water partition coefficient (Wildman–Crippen LogP) is 23.8. The van der Waals surface area contributed by atoms with Crippen LogP contribution in [0.4, 0.5) is 0 Å². The molecule has 0 aromatic carbocycles. The maximum atomic E-state index is 13.0. The Labute approximate surface area is 709 Å². The number of halogens is 1. The van der Waals surface area contributed by atoms with Gasteiger partial charge in [0.25, 0.3) is 0 Å². The monoisotopic (exact) mass is 1620 g/mol. The third kappa shape index (κ3) is 15.1. The molecule has 0 spiro atoms. The molecule has 0 amide bonds. The number of esters is 4. The molecule has 20 bridgehead atoms. The maximum Gasteiger partial charge on any atom is 0.330 e. The summed E-state index contributed by atoms with van der Waals surface area (Å²) in [5.41, 5.74) is -0.574. The van der Waals surface area contributed by atoms with Gasteiger partial charge in [-0.2, -0.15) is 0 Å². The lowest BCUT2D eigenvalue weighted by atomic mass is 9.49. The fourth-order valence-corrected chi connectivity index (χ4v) is 35.0. The van der Waals surface area contributed by atoms with Crippen LogP contribution in [0.15, 0.2) is 86.1 Å². The molecule has 21 fully saturated rings. The van der Waals surface area contributed by atoms with Gasteiger partial charge in [-0.1, -0.05) is 155 Å². The summed E-state index contributed by atoms with van der Waals surface area (Å²) in [5, 5.41) is 9.93. The SMILES string of the molecule is C1=CCC=C1.C=CC(=O)Cl.C=CC(=O)OC1(CC)CC2CC1C1CCCC21.CCC1(O)CC2CC1C1CCCC21.CCC1(OC(=O)C2CC3C=CC2C3)C2(C)CCC(C2)C1(C)C.CCC1(OC(=O)C2CC3C=CC2C3)C2CC3CC(C2)CC1C3.CCC1(OC(=O)C2CC3C=CC2C3)CC2CC1C1CCCC21.O=C1CC2CC1C1CCCC21. The fraction of sp³-hybridized carbons (Fsp3) is 0.810. The van der Waals surface area contributed by atoms with E-state index in [-0.39, 0.29) is 80.5 Å². The number of hydrogen-bond acceptors (Lipinski definition) is 11. The van der Waals surface area contributed by atoms with E-state index in [4.69, 9.17) is 30.5 Å². The molecule has 12 heteroatoms. The number of Topliss-reactive ketones (excluding diaryl/α,β-unsaturated/α-hetero) is 1. The van der Waals surface area contributed by atoms with Gasteiger partial charge in [-0.25, -0.2) is 4.79 Å². The Kier molecular flexibility index (Phi) is 24.4. The molecular formula is C105H151ClO11. The van der Waals surface area contributed by atoms with Crippen molar-refractivity contribution in [3.8, 4) is 0 Å². The molecular weight excluding hydrogens is 1470 g/mol. The summed E-state index contributed by atoms with van der Waals surface area (Å²) in [4.78, 5) is 71.2. The van der Waals surface area contributed by atoms with E-state index in [2.05, 4.69) is 129 Å². The van der Waals surface area contributed by atoms with Gasteiger partial charge in [0.1, 0.15) is 28.2 Å². The molecule has 0 aliphatic heterocycles. The Bertz CT molecular complexity index is 3810. The van der Waals surface area contributed by atoms with E-state index in [1.54, 1.807) is 0 Å². The van der Waals surface area contributed by atoms with Crippen LogP contribution in [0.2, 0.25) is 0 Å². The molecule has 0 heterocycles. The van der Waals surface area contributed by atoms with Crippen molar-refractivity contribution in [2.24, 2.45) is 188 Å². The average molecular weight is 1620 g/mol. The van der Waals surface area contributed by atoms with Gasteiger partial charge in [0.05, 0.1) is 23.4 Å². The standard InChI is InChI=1S/2C20H28O2.C20H30O2.C15H22O2.C12H20O.C10H14O.C5H6.C3H3ClO/c1-2-20(16-7-13-5-14(9-16)10-17(20)8-13)22-19(21)18-11-12-3-4-15(18)6-12;1-2-20(11-14-10-18(20)16-5-3-4-15(14)16)22-19(21)17-9-12-6-7-13(17)8-12;1-5-20(18(2,3)15-8-9-19(20,4)12-15)22-17(21)16-11-13-6-7-14(16)10-13;1-3-14(16)17-15(4-2)9-10-8-13(15)12-7-5-6-11(10)12;1-2-12(13)7-8-6-11(12)10-5-3-4-9(8)10;11-10-5-6-4-9(10)8-3-1-2-7(6)8;1-2-4-5-3-1;1-2-3(4)5/h3-4,12-18H,2,5-11H2,1H3;6-7,12-18H,2-5,8-11H2,1H3;6-7,13-16H,5,8-12H2,1-4H3;3,10-13H,1,4-9H2,2H3;8-11,13H,2-7H2,1H3;6-9H,1-5H2;1-4H,5H2;2H,1H2. The van der Waals surface area contributed by atoms with Crippen LogP contribution in [-0.2, 0) is 47.7 Å². The molecule has 0 saturated heterocycles. The smallest absolute Gasteiger partial charge is 0.330 e. The maximum absolute atomic E-state index is 13.0. The van der Waals surface area contributed by atoms with Crippen LogP contribution in [0, 0.1) is 188 Å². The highest BCUT2D eigenvalue weighted by atomic mass is 35.5. The van der Waals surface area contributed by atoms with Gasteiger partial charge in [0.2, 0.25) is 5.24 Å². The lowest BCUT2D eigenvalue weighted by Gasteiger charge is -2.60. The molecule has 644 valence electrons. The van der Waals surface area contributed by atoms with Crippen molar-refractivity contribution in [1.29, 1.82) is 0 Å². The minimum absolute atomic E-state index is 0.0977. The van der Waals surface area contributed by atoms with E-state index in [1.807, 2.05) is 0 Å². The van der Waals surface area contributed by atoms with Gasteiger partial charge in [0.15, 0.2) is 0 Å². The van der Waals surface area contributed by atoms with E-state index >= 15 is 0 Å². The summed E-state index contributed by atoms with van der Waals surface area (Å²) >= 11 is 4.71. The zero-order valence-electron chi connectivity index (χ0n) is 73.4. The van der Waals surface area contributed by atoms with Crippen LogP contribution in [0.5, 0.6) is 0 Å². The Balaban J connectivity index is 0.0000000996. The molecule has 25 aliphatic carbocycles. The van der Waals surface area contributed by atoms with Crippen molar-refractivity contribution in [2.45, 2.75) is 340 Å². The molecule has 1 N–H and O–H groups in total. The Hall–Kier alpha value is -4.35. The average Bonchev–Trinajstić information content (AvgIpc) is 1.52. The van der Waals surface area contributed by atoms with Crippen LogP contribution < -0.4 is 0 Å². The highest BCUT2D eigenvalue weighted by molar-refractivity contribution is 6.66. The summed E-state index contributed by atoms with van der Waals surface area (Å²) in [6.45, 7) is 24.7. The molecule has 0 radical (unpaired) electrons. The number of ether oxygens (including phenoxy) is 4. The first-order valence-electron chi connectivity index (χ1n) is 49.3. The fourth-order valence-electron chi connectivity index (χ4n) is 35.0. The van der Waals surface area contributed by atoms with Crippen molar-refractivity contribution < 1.29 is 52.8 Å². The lowest BCUT2D eigenvalue weighted by molar-refractivity contribution is -0.215. The number of carbonyl (C=O) groups excluding carboxylic acids is 6. The molecule has 0 aromatic rings. The van der Waals surface area contributed by atoms with Crippen molar-refractivity contribution in [3.05, 3.63) is 86.1 Å². The van der Waals surface area contributed by atoms with E-state index in [0.717, 1.165) is 172 Å². The van der Waals surface area contributed by atoms with Crippen LogP contribution in [0.3, 0.4) is 0 Å². The summed E-state index contributed by atoms with van der Waals surface area (Å²) in [6.07, 6.45) is 74.2. The summed E-state index contributed by atoms with van der Waals surface area (Å²) in [7, 11) is 0. The normalized spacial score (nSPS) is 49.3. The van der Waals surface area contributed by atoms with E-state index in [0.29, 0.717) is 82.7 Å². The zero-order chi connectivity index (χ0) is 81.9. The molecule has 11 nitrogen and oxygen atoms in total. The molecule has 21 saturated carbocycles. The Morgan fingerprint density at radius 2 is 0.897 bits per heavy atom. The molecule has 31 atom stereocenters. The summed E-state index contributed by atoms with van der Waals surface area (Å²) < 4.78 is 25.0. The van der Waals surface area contributed by atoms with Gasteiger partial charge in [-0.15, -0.1) is 0 Å². The number of ketones is 1. The zero-order valence-corrected chi connectivity index (χ0v) is 74.1. The number of aliphatic hydroxyl groups is 1. The summed E-state index contributed by atoms with van der Waals surface area (Å²) in [5.74, 6) is 21.7. The van der Waals surface area contributed by atoms with E-state index in [1.165, 1.54) is 179 Å². The Morgan fingerprint density at radius 1 is 0.453 bits per heavy atom. The van der Waals surface area contributed by atoms with Crippen LogP contribution in [0.25, 0.3) is 0 Å². The first-order chi connectivity index (χ1) is 56.3. The van der Waals surface area contributed by atoms with Gasteiger partial charge in [-0.3, -0.25) is 24.0 Å². The van der Waals surface area contributed by atoms with E-state index < -0.39 is 5.24 Å². The summed E-state index contributed by atoms with van der Waals surface area (Å²) in [6, 6.07) is 0. The number of allylic oxidation sites excluding steroid dienone is 11. The second-order valence-electron chi connectivity index (χ2n) is 44.7. The molecule has 25 rings (SSSR count). The number of fused-ring (bicyclic) bond motifs is 28. The first kappa shape index (κ1) is 84.8. The van der Waals surface area contributed by atoms with Gasteiger partial charge >= 0.3 is 23.9 Å². The van der Waals surface area contributed by atoms with Crippen LogP contribution >= 0.6 is 11.6 Å². The van der Waals surface area contributed by atoms with Crippen molar-refractivity contribution in [1.82, 2.24) is 0 Å². The van der Waals surface area contributed by atoms with Crippen molar-refractivity contribution in [3.63, 3.8) is 0 Å². The number of hydrogen-bond donors (Lipinski definition) is 1. The second kappa shape index (κ2) is 33.6. The molecule has 117 heavy (non-hydrogen) atoms. The van der Waals surface area contributed by atoms with Crippen LogP contribution in [0.1, 0.15) is 312 Å². The predicted molar refractivity (Wildman–Crippen MR) is 462 cm³/mol. The second-order valence-corrected chi connectivity index (χ2v) is 45.1. The molecule has 31 unspecified atom stereocenters. The number of carbonyl (C=O) groups is 6. The minimum Gasteiger partial charge on any atom is -0.459 e. The first-order valence-corrected chi connectivity index (χ1v) is 49.6. The van der Waals surface area contributed by atoms with Gasteiger partial charge in [0, 0.05) is 41.1 Å². The van der Waals surface area contributed by atoms with Crippen molar-refractivity contribution in [2.75, 3.05) is 0 Å². The van der Waals surface area contributed by atoms with Gasteiger partial charge in [-0.05, 0) is 384 Å². The minimum atomic E-state index is -0.509. The highest BCUT2D eigenvalue weighted by Gasteiger charge is 2.72. The van der Waals surface area contributed by atoms with Crippen LogP contribution in [-0.4, -0.2) is 68.0 Å². The lowest BCUT2D eigenvalue weighted by Crippen LogP contribution is -2.59. The Morgan fingerprint density at radius 3 is 1.31 bits per heavy atom. The third-order valence-corrected chi connectivity index (χ3v) is 40.2. The highest BCUT2D eigenvalue weighted by Crippen LogP contribution is 2.72. The topological polar surface area (TPSA) is 160 Å².